The molecule has 2 aliphatic rings. The van der Waals surface area contributed by atoms with E-state index in [0.717, 1.165) is 43.7 Å². The predicted molar refractivity (Wildman–Crippen MR) is 90.7 cm³/mol. The number of carbonyl (C=O) groups excluding carboxylic acids is 2. The van der Waals surface area contributed by atoms with Crippen LogP contribution in [0.15, 0.2) is 18.2 Å². The van der Waals surface area contributed by atoms with Gasteiger partial charge in [0.2, 0.25) is 5.91 Å². The fraction of sp³-hybridized carbons (Fsp3) is 0.556. The van der Waals surface area contributed by atoms with Crippen LogP contribution in [0.5, 0.6) is 0 Å². The Morgan fingerprint density at radius 3 is 2.65 bits per heavy atom. The zero-order valence-electron chi connectivity index (χ0n) is 14.1. The van der Waals surface area contributed by atoms with E-state index in [0.29, 0.717) is 5.56 Å². The van der Waals surface area contributed by atoms with Gasteiger partial charge in [-0.1, -0.05) is 6.92 Å². The highest BCUT2D eigenvalue weighted by molar-refractivity contribution is 6.07. The van der Waals surface area contributed by atoms with Crippen LogP contribution in [0.2, 0.25) is 0 Å². The molecule has 0 aliphatic carbocycles. The molecular formula is C18H25N3O2. The van der Waals surface area contributed by atoms with Crippen LogP contribution < -0.4 is 10.6 Å². The van der Waals surface area contributed by atoms with Gasteiger partial charge in [0, 0.05) is 17.3 Å². The first kappa shape index (κ1) is 16.0. The van der Waals surface area contributed by atoms with Crippen molar-refractivity contribution in [2.45, 2.75) is 45.1 Å². The van der Waals surface area contributed by atoms with E-state index in [-0.39, 0.29) is 17.9 Å². The number of carbonyl (C=O) groups is 2. The van der Waals surface area contributed by atoms with Crippen molar-refractivity contribution >= 4 is 17.5 Å². The minimum Gasteiger partial charge on any atom is -0.350 e. The number of anilines is 1. The van der Waals surface area contributed by atoms with Crippen molar-refractivity contribution in [3.63, 3.8) is 0 Å². The Labute approximate surface area is 137 Å². The number of nitrogens with one attached hydrogen (secondary N) is 2. The Hall–Kier alpha value is -1.88. The molecule has 0 atom stereocenters. The van der Waals surface area contributed by atoms with Gasteiger partial charge in [0.25, 0.3) is 5.91 Å². The van der Waals surface area contributed by atoms with Crippen LogP contribution in [0.3, 0.4) is 0 Å². The van der Waals surface area contributed by atoms with Gasteiger partial charge in [-0.2, -0.15) is 0 Å². The van der Waals surface area contributed by atoms with Gasteiger partial charge < -0.3 is 15.5 Å². The van der Waals surface area contributed by atoms with Crippen molar-refractivity contribution in [3.8, 4) is 0 Å². The van der Waals surface area contributed by atoms with Crippen LogP contribution in [-0.4, -0.2) is 42.4 Å². The zero-order chi connectivity index (χ0) is 16.6. The molecule has 0 bridgehead atoms. The highest BCUT2D eigenvalue weighted by Gasteiger charge is 2.48. The van der Waals surface area contributed by atoms with Crippen LogP contribution >= 0.6 is 0 Å². The summed E-state index contributed by atoms with van der Waals surface area (Å²) >= 11 is 0. The molecule has 0 unspecified atom stereocenters. The minimum absolute atomic E-state index is 0.0803. The number of likely N-dealkylation sites (tertiary alicyclic amines) is 1. The third kappa shape index (κ3) is 2.74. The van der Waals surface area contributed by atoms with Gasteiger partial charge in [-0.05, 0) is 70.1 Å². The molecule has 1 aromatic rings. The van der Waals surface area contributed by atoms with E-state index in [9.17, 15) is 9.59 Å². The molecule has 1 fully saturated rings. The molecular weight excluding hydrogens is 290 g/mol. The lowest BCUT2D eigenvalue weighted by atomic mass is 9.73. The summed E-state index contributed by atoms with van der Waals surface area (Å²) in [6.07, 6.45) is 1.63. The first-order valence-corrected chi connectivity index (χ1v) is 8.45. The Balaban J connectivity index is 1.92. The van der Waals surface area contributed by atoms with E-state index in [2.05, 4.69) is 22.5 Å². The number of rotatable bonds is 3. The summed E-state index contributed by atoms with van der Waals surface area (Å²) < 4.78 is 0. The molecule has 2 heterocycles. The quantitative estimate of drug-likeness (QED) is 0.898. The van der Waals surface area contributed by atoms with Gasteiger partial charge in [0.1, 0.15) is 0 Å². The van der Waals surface area contributed by atoms with E-state index in [1.807, 2.05) is 26.0 Å². The summed E-state index contributed by atoms with van der Waals surface area (Å²) in [4.78, 5) is 27.3. The second-order valence-corrected chi connectivity index (χ2v) is 6.86. The fourth-order valence-electron chi connectivity index (χ4n) is 3.65. The third-order valence-electron chi connectivity index (χ3n) is 5.06. The number of hydrogen-bond acceptors (Lipinski definition) is 3. The van der Waals surface area contributed by atoms with E-state index in [1.165, 1.54) is 0 Å². The maximum Gasteiger partial charge on any atom is 0.251 e. The van der Waals surface area contributed by atoms with E-state index >= 15 is 0 Å². The van der Waals surface area contributed by atoms with E-state index < -0.39 is 5.41 Å². The van der Waals surface area contributed by atoms with Gasteiger partial charge in [0.05, 0.1) is 5.41 Å². The zero-order valence-corrected chi connectivity index (χ0v) is 14.1. The summed E-state index contributed by atoms with van der Waals surface area (Å²) in [6.45, 7) is 8.89. The van der Waals surface area contributed by atoms with Crippen LogP contribution in [0.1, 0.15) is 49.5 Å². The molecule has 124 valence electrons. The maximum absolute atomic E-state index is 12.6. The molecule has 0 saturated carbocycles. The van der Waals surface area contributed by atoms with E-state index in [1.54, 1.807) is 6.07 Å². The summed E-state index contributed by atoms with van der Waals surface area (Å²) in [5.41, 5.74) is 2.02. The Bertz CT molecular complexity index is 631. The normalized spacial score (nSPS) is 19.7. The topological polar surface area (TPSA) is 61.4 Å². The van der Waals surface area contributed by atoms with Crippen molar-refractivity contribution in [3.05, 3.63) is 29.3 Å². The number of nitrogens with zero attached hydrogens (tertiary/aromatic N) is 1. The highest BCUT2D eigenvalue weighted by atomic mass is 16.2. The number of amides is 2. The molecule has 1 saturated heterocycles. The molecule has 1 aromatic carbocycles. The van der Waals surface area contributed by atoms with Crippen LogP contribution in [-0.2, 0) is 10.2 Å². The van der Waals surface area contributed by atoms with Gasteiger partial charge >= 0.3 is 0 Å². The summed E-state index contributed by atoms with van der Waals surface area (Å²) in [7, 11) is 0. The van der Waals surface area contributed by atoms with Crippen molar-refractivity contribution in [1.82, 2.24) is 10.2 Å². The second-order valence-electron chi connectivity index (χ2n) is 6.86. The lowest BCUT2D eigenvalue weighted by Gasteiger charge is -2.37. The second kappa shape index (κ2) is 5.96. The molecule has 2 aliphatic heterocycles. The van der Waals surface area contributed by atoms with Crippen LogP contribution in [0, 0.1) is 0 Å². The standard InChI is InChI=1S/C18H25N3O2/c1-4-21-9-7-18(8-10-21)14-11-13(16(22)19-12(2)3)5-6-15(14)20-17(18)23/h5-6,11-12H,4,7-10H2,1-3H3,(H,19,22)(H,20,23). The monoisotopic (exact) mass is 315 g/mol. The lowest BCUT2D eigenvalue weighted by Crippen LogP contribution is -2.46. The SMILES string of the molecule is CCN1CCC2(CC1)C(=O)Nc1ccc(C(=O)NC(C)C)cc12. The number of piperidine rings is 1. The summed E-state index contributed by atoms with van der Waals surface area (Å²) in [5, 5.41) is 5.93. The molecule has 1 spiro atoms. The average molecular weight is 315 g/mol. The number of fused-ring (bicyclic) bond motifs is 2. The highest BCUT2D eigenvalue weighted by Crippen LogP contribution is 2.45. The Morgan fingerprint density at radius 1 is 1.35 bits per heavy atom. The Morgan fingerprint density at radius 2 is 2.04 bits per heavy atom. The molecule has 0 aromatic heterocycles. The van der Waals surface area contributed by atoms with Crippen LogP contribution in [0.4, 0.5) is 5.69 Å². The smallest absolute Gasteiger partial charge is 0.251 e. The van der Waals surface area contributed by atoms with Crippen LogP contribution in [0.25, 0.3) is 0 Å². The lowest BCUT2D eigenvalue weighted by molar-refractivity contribution is -0.122. The molecule has 5 heteroatoms. The molecule has 2 amide bonds. The number of hydrogen-bond donors (Lipinski definition) is 2. The fourth-order valence-corrected chi connectivity index (χ4v) is 3.65. The van der Waals surface area contributed by atoms with Crippen molar-refractivity contribution in [1.29, 1.82) is 0 Å². The summed E-state index contributed by atoms with van der Waals surface area (Å²) in [5.74, 6) is 0.00737. The Kier molecular flexibility index (Phi) is 4.15. The molecule has 5 nitrogen and oxygen atoms in total. The average Bonchev–Trinajstić information content (AvgIpc) is 2.79. The maximum atomic E-state index is 12.6. The molecule has 23 heavy (non-hydrogen) atoms. The van der Waals surface area contributed by atoms with Gasteiger partial charge in [-0.3, -0.25) is 9.59 Å². The van der Waals surface area contributed by atoms with Crippen molar-refractivity contribution in [2.24, 2.45) is 0 Å². The molecule has 3 rings (SSSR count). The first-order chi connectivity index (χ1) is 11.0. The van der Waals surface area contributed by atoms with Gasteiger partial charge in [-0.25, -0.2) is 0 Å². The predicted octanol–water partition coefficient (Wildman–Crippen LogP) is 2.13. The van der Waals surface area contributed by atoms with Gasteiger partial charge in [-0.15, -0.1) is 0 Å². The molecule has 2 N–H and O–H groups in total. The van der Waals surface area contributed by atoms with Crippen molar-refractivity contribution in [2.75, 3.05) is 25.0 Å². The first-order valence-electron chi connectivity index (χ1n) is 8.45. The van der Waals surface area contributed by atoms with Crippen molar-refractivity contribution < 1.29 is 9.59 Å². The largest absolute Gasteiger partial charge is 0.350 e. The van der Waals surface area contributed by atoms with E-state index in [4.69, 9.17) is 0 Å². The minimum atomic E-state index is -0.463. The number of benzene rings is 1. The third-order valence-corrected chi connectivity index (χ3v) is 5.06. The summed E-state index contributed by atoms with van der Waals surface area (Å²) in [6, 6.07) is 5.66. The molecule has 0 radical (unpaired) electrons. The van der Waals surface area contributed by atoms with Gasteiger partial charge in [0.15, 0.2) is 0 Å².